The van der Waals surface area contributed by atoms with Crippen LogP contribution in [-0.4, -0.2) is 44.2 Å². The van der Waals surface area contributed by atoms with Crippen molar-refractivity contribution in [3.63, 3.8) is 0 Å². The molecule has 0 amide bonds. The molecule has 0 bridgehead atoms. The van der Waals surface area contributed by atoms with Crippen molar-refractivity contribution in [3.8, 4) is 6.07 Å². The van der Waals surface area contributed by atoms with Gasteiger partial charge in [-0.15, -0.1) is 0 Å². The number of nitrogens with one attached hydrogen (secondary N) is 2. The maximum atomic E-state index is 9.19. The lowest BCUT2D eigenvalue weighted by Crippen LogP contribution is -2.45. The normalized spacial score (nSPS) is 15.8. The van der Waals surface area contributed by atoms with Gasteiger partial charge < -0.3 is 10.6 Å². The van der Waals surface area contributed by atoms with Gasteiger partial charge in [-0.2, -0.15) is 5.26 Å². The monoisotopic (exact) mass is 280 g/mol. The van der Waals surface area contributed by atoms with E-state index < -0.39 is 0 Å². The van der Waals surface area contributed by atoms with E-state index in [0.717, 1.165) is 61.3 Å². The Labute approximate surface area is 125 Å². The molecule has 1 fully saturated rings. The van der Waals surface area contributed by atoms with Crippen LogP contribution >= 0.6 is 0 Å². The minimum Gasteiger partial charge on any atom is -0.383 e. The summed E-state index contributed by atoms with van der Waals surface area (Å²) in [7, 11) is 0. The van der Waals surface area contributed by atoms with Crippen LogP contribution in [0.15, 0.2) is 36.4 Å². The number of hydrogen-bond donors (Lipinski definition) is 2. The molecular weight excluding hydrogens is 260 g/mol. The lowest BCUT2D eigenvalue weighted by atomic mass is 10.0. The Morgan fingerprint density at radius 2 is 1.86 bits per heavy atom. The predicted octanol–water partition coefficient (Wildman–Crippen LogP) is 2.03. The molecule has 2 aromatic carbocycles. The molecule has 3 rings (SSSR count). The average molecular weight is 280 g/mol. The molecule has 2 N–H and O–H groups in total. The second kappa shape index (κ2) is 6.57. The van der Waals surface area contributed by atoms with E-state index in [2.05, 4.69) is 27.7 Å². The summed E-state index contributed by atoms with van der Waals surface area (Å²) in [6.07, 6.45) is 0. The molecular formula is C17H20N4. The van der Waals surface area contributed by atoms with E-state index in [0.29, 0.717) is 0 Å². The van der Waals surface area contributed by atoms with E-state index in [-0.39, 0.29) is 0 Å². The fraction of sp³-hybridized carbons (Fsp3) is 0.353. The summed E-state index contributed by atoms with van der Waals surface area (Å²) in [6.45, 7) is 6.39. The van der Waals surface area contributed by atoms with Crippen LogP contribution in [0.4, 0.5) is 5.69 Å². The first-order chi connectivity index (χ1) is 10.4. The van der Waals surface area contributed by atoms with Gasteiger partial charge in [0.15, 0.2) is 0 Å². The minimum atomic E-state index is 0.734. The summed E-state index contributed by atoms with van der Waals surface area (Å²) in [5.41, 5.74) is 1.85. The third-order valence-corrected chi connectivity index (χ3v) is 4.00. The van der Waals surface area contributed by atoms with Crippen molar-refractivity contribution in [1.29, 1.82) is 5.26 Å². The number of piperazine rings is 1. The zero-order valence-corrected chi connectivity index (χ0v) is 12.1. The Balaban J connectivity index is 1.71. The average Bonchev–Trinajstić information content (AvgIpc) is 2.56. The van der Waals surface area contributed by atoms with Gasteiger partial charge in [0.2, 0.25) is 0 Å². The summed E-state index contributed by atoms with van der Waals surface area (Å²) >= 11 is 0. The highest BCUT2D eigenvalue weighted by Gasteiger charge is 2.09. The molecule has 0 saturated carbocycles. The summed E-state index contributed by atoms with van der Waals surface area (Å²) in [6, 6.07) is 14.3. The molecule has 4 nitrogen and oxygen atoms in total. The number of hydrogen-bond acceptors (Lipinski definition) is 4. The molecule has 2 aromatic rings. The van der Waals surface area contributed by atoms with E-state index in [4.69, 9.17) is 0 Å². The molecule has 4 heteroatoms. The first-order valence-electron chi connectivity index (χ1n) is 7.47. The third kappa shape index (κ3) is 3.15. The molecule has 0 aliphatic carbocycles. The Morgan fingerprint density at radius 3 is 2.62 bits per heavy atom. The van der Waals surface area contributed by atoms with E-state index in [1.54, 1.807) is 0 Å². The number of fused-ring (bicyclic) bond motifs is 1. The molecule has 0 unspecified atom stereocenters. The van der Waals surface area contributed by atoms with E-state index in [1.165, 1.54) is 0 Å². The van der Waals surface area contributed by atoms with Gasteiger partial charge in [-0.1, -0.05) is 24.3 Å². The molecule has 0 aromatic heterocycles. The van der Waals surface area contributed by atoms with Crippen LogP contribution in [0.1, 0.15) is 5.56 Å². The van der Waals surface area contributed by atoms with Crippen molar-refractivity contribution in [3.05, 3.63) is 42.0 Å². The van der Waals surface area contributed by atoms with Crippen LogP contribution in [0.25, 0.3) is 10.8 Å². The summed E-state index contributed by atoms with van der Waals surface area (Å²) in [5, 5.41) is 18.2. The van der Waals surface area contributed by atoms with Crippen LogP contribution in [0, 0.1) is 11.3 Å². The summed E-state index contributed by atoms with van der Waals surface area (Å²) in [4.78, 5) is 2.47. The highest BCUT2D eigenvalue weighted by Crippen LogP contribution is 2.26. The molecule has 21 heavy (non-hydrogen) atoms. The largest absolute Gasteiger partial charge is 0.383 e. The van der Waals surface area contributed by atoms with E-state index in [9.17, 15) is 5.26 Å². The molecule has 0 radical (unpaired) electrons. The second-order valence-corrected chi connectivity index (χ2v) is 5.34. The SMILES string of the molecule is N#Cc1ccc(NCCN2CCNCC2)c2ccccc12. The number of rotatable bonds is 4. The smallest absolute Gasteiger partial charge is 0.0998 e. The number of nitrogens with zero attached hydrogens (tertiary/aromatic N) is 2. The Hall–Kier alpha value is -2.09. The quantitative estimate of drug-likeness (QED) is 0.900. The standard InChI is InChI=1S/C17H20N4/c18-13-14-5-6-17(16-4-2-1-3-15(14)16)20-9-12-21-10-7-19-8-11-21/h1-6,19-20H,7-12H2. The topological polar surface area (TPSA) is 51.1 Å². The Morgan fingerprint density at radius 1 is 1.10 bits per heavy atom. The van der Waals surface area contributed by atoms with E-state index >= 15 is 0 Å². The fourth-order valence-corrected chi connectivity index (χ4v) is 2.83. The number of nitriles is 1. The van der Waals surface area contributed by atoms with Gasteiger partial charge in [-0.3, -0.25) is 4.90 Å². The van der Waals surface area contributed by atoms with Gasteiger partial charge in [0.05, 0.1) is 11.6 Å². The van der Waals surface area contributed by atoms with Crippen molar-refractivity contribution in [2.45, 2.75) is 0 Å². The maximum absolute atomic E-state index is 9.19. The first-order valence-corrected chi connectivity index (χ1v) is 7.47. The summed E-state index contributed by atoms with van der Waals surface area (Å²) < 4.78 is 0. The molecule has 1 aliphatic heterocycles. The van der Waals surface area contributed by atoms with Crippen molar-refractivity contribution < 1.29 is 0 Å². The molecule has 1 heterocycles. The molecule has 0 spiro atoms. The second-order valence-electron chi connectivity index (χ2n) is 5.34. The zero-order valence-electron chi connectivity index (χ0n) is 12.1. The molecule has 1 saturated heterocycles. The van der Waals surface area contributed by atoms with Crippen LogP contribution in [0.5, 0.6) is 0 Å². The lowest BCUT2D eigenvalue weighted by molar-refractivity contribution is 0.249. The molecule has 108 valence electrons. The minimum absolute atomic E-state index is 0.734. The molecule has 0 atom stereocenters. The van der Waals surface area contributed by atoms with E-state index in [1.807, 2.05) is 30.3 Å². The van der Waals surface area contributed by atoms with Crippen molar-refractivity contribution in [1.82, 2.24) is 10.2 Å². The Bertz CT molecular complexity index is 653. The van der Waals surface area contributed by atoms with Crippen molar-refractivity contribution >= 4 is 16.5 Å². The highest BCUT2D eigenvalue weighted by atomic mass is 15.2. The van der Waals surface area contributed by atoms with Crippen LogP contribution in [-0.2, 0) is 0 Å². The molecule has 1 aliphatic rings. The van der Waals surface area contributed by atoms with Gasteiger partial charge >= 0.3 is 0 Å². The van der Waals surface area contributed by atoms with Crippen LogP contribution in [0.3, 0.4) is 0 Å². The van der Waals surface area contributed by atoms with Crippen LogP contribution in [0.2, 0.25) is 0 Å². The fourth-order valence-electron chi connectivity index (χ4n) is 2.83. The van der Waals surface area contributed by atoms with Crippen molar-refractivity contribution in [2.24, 2.45) is 0 Å². The maximum Gasteiger partial charge on any atom is 0.0998 e. The zero-order chi connectivity index (χ0) is 14.5. The van der Waals surface area contributed by atoms with Gasteiger partial charge in [-0.25, -0.2) is 0 Å². The third-order valence-electron chi connectivity index (χ3n) is 4.00. The van der Waals surface area contributed by atoms with Gasteiger partial charge in [0, 0.05) is 55.7 Å². The number of anilines is 1. The van der Waals surface area contributed by atoms with Crippen molar-refractivity contribution in [2.75, 3.05) is 44.6 Å². The highest BCUT2D eigenvalue weighted by molar-refractivity contribution is 5.97. The first kappa shape index (κ1) is 13.9. The van der Waals surface area contributed by atoms with Gasteiger partial charge in [0.25, 0.3) is 0 Å². The lowest BCUT2D eigenvalue weighted by Gasteiger charge is -2.27. The van der Waals surface area contributed by atoms with Crippen LogP contribution < -0.4 is 10.6 Å². The Kier molecular flexibility index (Phi) is 4.34. The van der Waals surface area contributed by atoms with Gasteiger partial charge in [0.1, 0.15) is 0 Å². The summed E-state index contributed by atoms with van der Waals surface area (Å²) in [5.74, 6) is 0. The predicted molar refractivity (Wildman–Crippen MR) is 86.5 cm³/mol. The number of benzene rings is 2. The van der Waals surface area contributed by atoms with Gasteiger partial charge in [-0.05, 0) is 12.1 Å².